The first kappa shape index (κ1) is 23.0. The topological polar surface area (TPSA) is 86.8 Å². The zero-order valence-corrected chi connectivity index (χ0v) is 19.0. The predicted octanol–water partition coefficient (Wildman–Crippen LogP) is 2.70. The SMILES string of the molecule is CCN(Cc1ccccc1)C(=O)CCNS(=O)(=O)c1ccc2c(c1)CC(C)N2C(C)=O. The lowest BCUT2D eigenvalue weighted by Gasteiger charge is -2.21. The molecule has 0 aromatic heterocycles. The van der Waals surface area contributed by atoms with E-state index < -0.39 is 10.0 Å². The number of amides is 2. The molecule has 2 aromatic rings. The molecule has 0 aliphatic carbocycles. The number of anilines is 1. The van der Waals surface area contributed by atoms with Crippen molar-refractivity contribution in [1.82, 2.24) is 9.62 Å². The van der Waals surface area contributed by atoms with Gasteiger partial charge in [0.25, 0.3) is 0 Å². The zero-order valence-electron chi connectivity index (χ0n) is 18.2. The Bertz CT molecular complexity index is 1050. The smallest absolute Gasteiger partial charge is 0.240 e. The molecular weight excluding hydrogens is 414 g/mol. The second kappa shape index (κ2) is 9.62. The summed E-state index contributed by atoms with van der Waals surface area (Å²) in [6, 6.07) is 14.5. The largest absolute Gasteiger partial charge is 0.339 e. The van der Waals surface area contributed by atoms with Gasteiger partial charge in [-0.1, -0.05) is 30.3 Å². The average Bonchev–Trinajstić information content (AvgIpc) is 3.07. The summed E-state index contributed by atoms with van der Waals surface area (Å²) < 4.78 is 28.0. The van der Waals surface area contributed by atoms with Crippen LogP contribution in [-0.2, 0) is 32.6 Å². The third kappa shape index (κ3) is 5.32. The summed E-state index contributed by atoms with van der Waals surface area (Å²) in [4.78, 5) is 27.9. The molecule has 31 heavy (non-hydrogen) atoms. The minimum atomic E-state index is -3.75. The van der Waals surface area contributed by atoms with Crippen molar-refractivity contribution in [2.45, 2.75) is 51.1 Å². The van der Waals surface area contributed by atoms with Crippen LogP contribution in [0.25, 0.3) is 0 Å². The van der Waals surface area contributed by atoms with Crippen LogP contribution in [-0.4, -0.2) is 44.3 Å². The maximum Gasteiger partial charge on any atom is 0.240 e. The van der Waals surface area contributed by atoms with E-state index in [1.54, 1.807) is 21.9 Å². The Balaban J connectivity index is 1.61. The molecule has 1 aliphatic rings. The Morgan fingerprint density at radius 2 is 1.87 bits per heavy atom. The number of hydrogen-bond acceptors (Lipinski definition) is 4. The molecule has 0 radical (unpaired) electrons. The van der Waals surface area contributed by atoms with Crippen LogP contribution in [0, 0.1) is 0 Å². The fraction of sp³-hybridized carbons (Fsp3) is 0.391. The van der Waals surface area contributed by atoms with Gasteiger partial charge >= 0.3 is 0 Å². The first-order valence-corrected chi connectivity index (χ1v) is 12.0. The first-order chi connectivity index (χ1) is 14.7. The van der Waals surface area contributed by atoms with Crippen LogP contribution in [0.15, 0.2) is 53.4 Å². The van der Waals surface area contributed by atoms with Crippen LogP contribution < -0.4 is 9.62 Å². The summed E-state index contributed by atoms with van der Waals surface area (Å²) in [7, 11) is -3.75. The van der Waals surface area contributed by atoms with Crippen molar-refractivity contribution < 1.29 is 18.0 Å². The number of sulfonamides is 1. The van der Waals surface area contributed by atoms with Crippen molar-refractivity contribution >= 4 is 27.5 Å². The Morgan fingerprint density at radius 1 is 1.16 bits per heavy atom. The van der Waals surface area contributed by atoms with Crippen LogP contribution in [0.5, 0.6) is 0 Å². The normalized spacial score (nSPS) is 15.6. The van der Waals surface area contributed by atoms with E-state index in [0.29, 0.717) is 19.5 Å². The quantitative estimate of drug-likeness (QED) is 0.680. The van der Waals surface area contributed by atoms with E-state index in [0.717, 1.165) is 16.8 Å². The molecule has 1 atom stereocenters. The summed E-state index contributed by atoms with van der Waals surface area (Å²) in [6.45, 7) is 6.43. The van der Waals surface area contributed by atoms with E-state index in [9.17, 15) is 18.0 Å². The van der Waals surface area contributed by atoms with Crippen molar-refractivity contribution in [3.05, 3.63) is 59.7 Å². The Morgan fingerprint density at radius 3 is 2.52 bits per heavy atom. The molecule has 0 fully saturated rings. The van der Waals surface area contributed by atoms with E-state index in [-0.39, 0.29) is 35.7 Å². The Hall–Kier alpha value is -2.71. The van der Waals surface area contributed by atoms with E-state index >= 15 is 0 Å². The molecular formula is C23H29N3O4S. The Kier molecular flexibility index (Phi) is 7.12. The van der Waals surface area contributed by atoms with Gasteiger partial charge in [-0.3, -0.25) is 9.59 Å². The number of fused-ring (bicyclic) bond motifs is 1. The monoisotopic (exact) mass is 443 g/mol. The third-order valence-corrected chi connectivity index (χ3v) is 6.96. The average molecular weight is 444 g/mol. The lowest BCUT2D eigenvalue weighted by molar-refractivity contribution is -0.131. The van der Waals surface area contributed by atoms with Gasteiger partial charge in [-0.2, -0.15) is 0 Å². The zero-order chi connectivity index (χ0) is 22.6. The van der Waals surface area contributed by atoms with E-state index in [1.165, 1.54) is 13.0 Å². The maximum absolute atomic E-state index is 12.7. The molecule has 1 N–H and O–H groups in total. The molecule has 8 heteroatoms. The van der Waals surface area contributed by atoms with Gasteiger partial charge in [-0.15, -0.1) is 0 Å². The fourth-order valence-electron chi connectivity index (χ4n) is 3.97. The molecule has 2 amide bonds. The van der Waals surface area contributed by atoms with Crippen LogP contribution >= 0.6 is 0 Å². The minimum absolute atomic E-state index is 0.000626. The number of hydrogen-bond donors (Lipinski definition) is 1. The molecule has 0 saturated carbocycles. The highest BCUT2D eigenvalue weighted by Crippen LogP contribution is 2.33. The summed E-state index contributed by atoms with van der Waals surface area (Å²) in [5.41, 5.74) is 2.63. The van der Waals surface area contributed by atoms with Crippen LogP contribution in [0.4, 0.5) is 5.69 Å². The molecule has 0 bridgehead atoms. The van der Waals surface area contributed by atoms with Crippen molar-refractivity contribution in [3.8, 4) is 0 Å². The summed E-state index contributed by atoms with van der Waals surface area (Å²) >= 11 is 0. The lowest BCUT2D eigenvalue weighted by atomic mass is 10.1. The van der Waals surface area contributed by atoms with Crippen molar-refractivity contribution in [3.63, 3.8) is 0 Å². The van der Waals surface area contributed by atoms with Crippen LogP contribution in [0.1, 0.15) is 38.3 Å². The standard InChI is InChI=1S/C23H29N3O4S/c1-4-25(16-19-8-6-5-7-9-19)23(28)12-13-24-31(29,30)21-10-11-22-20(15-21)14-17(2)26(22)18(3)27/h5-11,15,17,24H,4,12-14,16H2,1-3H3. The molecule has 1 aliphatic heterocycles. The molecule has 0 saturated heterocycles. The van der Waals surface area contributed by atoms with Gasteiger partial charge in [0, 0.05) is 44.7 Å². The number of carbonyl (C=O) groups is 2. The number of nitrogens with zero attached hydrogens (tertiary/aromatic N) is 2. The first-order valence-electron chi connectivity index (χ1n) is 10.5. The van der Waals surface area contributed by atoms with Gasteiger partial charge < -0.3 is 9.80 Å². The highest BCUT2D eigenvalue weighted by molar-refractivity contribution is 7.89. The number of carbonyl (C=O) groups excluding carboxylic acids is 2. The van der Waals surface area contributed by atoms with Crippen LogP contribution in [0.2, 0.25) is 0 Å². The second-order valence-corrected chi connectivity index (χ2v) is 9.54. The second-order valence-electron chi connectivity index (χ2n) is 7.77. The molecule has 0 spiro atoms. The maximum atomic E-state index is 12.7. The minimum Gasteiger partial charge on any atom is -0.339 e. The fourth-order valence-corrected chi connectivity index (χ4v) is 5.05. The van der Waals surface area contributed by atoms with Gasteiger partial charge in [0.1, 0.15) is 0 Å². The van der Waals surface area contributed by atoms with Gasteiger partial charge in [-0.25, -0.2) is 13.1 Å². The van der Waals surface area contributed by atoms with Gasteiger partial charge in [0.05, 0.1) is 4.90 Å². The molecule has 1 unspecified atom stereocenters. The van der Waals surface area contributed by atoms with Crippen LogP contribution in [0.3, 0.4) is 0 Å². The van der Waals surface area contributed by atoms with E-state index in [1.807, 2.05) is 44.2 Å². The van der Waals surface area contributed by atoms with Crippen molar-refractivity contribution in [2.24, 2.45) is 0 Å². The molecule has 166 valence electrons. The predicted molar refractivity (Wildman–Crippen MR) is 120 cm³/mol. The highest BCUT2D eigenvalue weighted by Gasteiger charge is 2.30. The lowest BCUT2D eigenvalue weighted by Crippen LogP contribution is -2.34. The van der Waals surface area contributed by atoms with Gasteiger partial charge in [0.15, 0.2) is 0 Å². The summed E-state index contributed by atoms with van der Waals surface area (Å²) in [5.74, 6) is -0.164. The highest BCUT2D eigenvalue weighted by atomic mass is 32.2. The van der Waals surface area contributed by atoms with Crippen molar-refractivity contribution in [1.29, 1.82) is 0 Å². The Labute approximate surface area is 184 Å². The third-order valence-electron chi connectivity index (χ3n) is 5.50. The molecule has 1 heterocycles. The van der Waals surface area contributed by atoms with Gasteiger partial charge in [0.2, 0.25) is 21.8 Å². The molecule has 2 aromatic carbocycles. The van der Waals surface area contributed by atoms with Gasteiger partial charge in [-0.05, 0) is 49.6 Å². The number of nitrogens with one attached hydrogen (secondary N) is 1. The molecule has 3 rings (SSSR count). The number of benzene rings is 2. The van der Waals surface area contributed by atoms with E-state index in [2.05, 4.69) is 4.72 Å². The molecule has 7 nitrogen and oxygen atoms in total. The summed E-state index contributed by atoms with van der Waals surface area (Å²) in [5, 5.41) is 0. The summed E-state index contributed by atoms with van der Waals surface area (Å²) in [6.07, 6.45) is 0.696. The van der Waals surface area contributed by atoms with E-state index in [4.69, 9.17) is 0 Å². The number of rotatable bonds is 8. The van der Waals surface area contributed by atoms with Crippen molar-refractivity contribution in [2.75, 3.05) is 18.0 Å².